The summed E-state index contributed by atoms with van der Waals surface area (Å²) < 4.78 is 12.2. The largest absolute Gasteiger partial charge is 0.399 e. The van der Waals surface area contributed by atoms with Crippen molar-refractivity contribution in [1.29, 1.82) is 0 Å². The molecule has 0 aliphatic carbocycles. The predicted octanol–water partition coefficient (Wildman–Crippen LogP) is 2.32. The smallest absolute Gasteiger partial charge is 0.237 e. The van der Waals surface area contributed by atoms with E-state index >= 15 is 0 Å². The van der Waals surface area contributed by atoms with E-state index in [2.05, 4.69) is 5.32 Å². The van der Waals surface area contributed by atoms with Gasteiger partial charge in [0.05, 0.1) is 10.8 Å². The lowest BCUT2D eigenvalue weighted by molar-refractivity contribution is -0.113. The molecule has 20 heavy (non-hydrogen) atoms. The van der Waals surface area contributed by atoms with Crippen LogP contribution in [0.1, 0.15) is 5.56 Å². The lowest BCUT2D eigenvalue weighted by Crippen LogP contribution is -2.19. The van der Waals surface area contributed by atoms with E-state index in [0.29, 0.717) is 16.3 Å². The number of carbonyl (C=O) groups excluding carboxylic acids is 1. The van der Waals surface area contributed by atoms with E-state index in [-0.39, 0.29) is 11.7 Å². The molecule has 1 amide bonds. The van der Waals surface area contributed by atoms with E-state index in [1.807, 2.05) is 25.1 Å². The van der Waals surface area contributed by atoms with Crippen LogP contribution in [0.3, 0.4) is 0 Å². The van der Waals surface area contributed by atoms with E-state index in [1.165, 1.54) is 0 Å². The van der Waals surface area contributed by atoms with Crippen LogP contribution >= 0.6 is 0 Å². The fourth-order valence-corrected chi connectivity index (χ4v) is 2.90. The average Bonchev–Trinajstić information content (AvgIpc) is 2.41. The lowest BCUT2D eigenvalue weighted by Gasteiger charge is -2.07. The summed E-state index contributed by atoms with van der Waals surface area (Å²) in [7, 11) is -1.34. The Hall–Kier alpha value is -2.14. The number of nitrogens with one attached hydrogen (secondary N) is 1. The number of nitrogen functional groups attached to an aromatic ring is 1. The van der Waals surface area contributed by atoms with Crippen molar-refractivity contribution in [2.24, 2.45) is 0 Å². The maximum Gasteiger partial charge on any atom is 0.237 e. The Morgan fingerprint density at radius 1 is 1.15 bits per heavy atom. The van der Waals surface area contributed by atoms with Crippen molar-refractivity contribution in [3.05, 3.63) is 54.1 Å². The van der Waals surface area contributed by atoms with E-state index in [0.717, 1.165) is 5.56 Å². The Bertz CT molecular complexity index is 639. The third-order valence-corrected chi connectivity index (χ3v) is 4.27. The molecule has 0 aromatic heterocycles. The standard InChI is InChI=1S/C15H16N2O2S/c1-11-4-2-3-5-14(11)20(19)10-15(18)17-13-8-6-12(16)7-9-13/h2-9H,10,16H2,1H3,(H,17,18). The Morgan fingerprint density at radius 2 is 1.80 bits per heavy atom. The van der Waals surface area contributed by atoms with Gasteiger partial charge in [-0.2, -0.15) is 0 Å². The third-order valence-electron chi connectivity index (χ3n) is 2.80. The molecule has 0 saturated carbocycles. The molecule has 0 spiro atoms. The van der Waals surface area contributed by atoms with E-state index in [4.69, 9.17) is 5.73 Å². The number of carbonyl (C=O) groups is 1. The number of rotatable bonds is 4. The van der Waals surface area contributed by atoms with Gasteiger partial charge in [-0.3, -0.25) is 9.00 Å². The summed E-state index contributed by atoms with van der Waals surface area (Å²) in [5, 5.41) is 2.70. The fraction of sp³-hybridized carbons (Fsp3) is 0.133. The molecule has 0 heterocycles. The zero-order valence-corrected chi connectivity index (χ0v) is 11.9. The Kier molecular flexibility index (Phi) is 4.53. The molecule has 2 aromatic carbocycles. The monoisotopic (exact) mass is 288 g/mol. The summed E-state index contributed by atoms with van der Waals surface area (Å²) in [5.41, 5.74) is 7.77. The number of hydrogen-bond donors (Lipinski definition) is 2. The normalized spacial score (nSPS) is 11.8. The molecule has 0 aliphatic heterocycles. The number of hydrogen-bond acceptors (Lipinski definition) is 3. The molecule has 1 atom stereocenters. The van der Waals surface area contributed by atoms with E-state index in [1.54, 1.807) is 30.3 Å². The maximum absolute atomic E-state index is 12.2. The van der Waals surface area contributed by atoms with Gasteiger partial charge in [-0.1, -0.05) is 18.2 Å². The molecule has 1 unspecified atom stereocenters. The fourth-order valence-electron chi connectivity index (χ4n) is 1.77. The van der Waals surface area contributed by atoms with Crippen molar-refractivity contribution in [3.8, 4) is 0 Å². The van der Waals surface area contributed by atoms with Gasteiger partial charge < -0.3 is 11.1 Å². The molecular weight excluding hydrogens is 272 g/mol. The van der Waals surface area contributed by atoms with Gasteiger partial charge >= 0.3 is 0 Å². The highest BCUT2D eigenvalue weighted by Crippen LogP contribution is 2.14. The molecule has 0 fully saturated rings. The minimum Gasteiger partial charge on any atom is -0.399 e. The van der Waals surface area contributed by atoms with Gasteiger partial charge in [0.2, 0.25) is 5.91 Å². The van der Waals surface area contributed by atoms with Crippen molar-refractivity contribution in [2.45, 2.75) is 11.8 Å². The van der Waals surface area contributed by atoms with Crippen molar-refractivity contribution >= 4 is 28.1 Å². The highest BCUT2D eigenvalue weighted by molar-refractivity contribution is 7.85. The van der Waals surface area contributed by atoms with Crippen LogP contribution in [0.2, 0.25) is 0 Å². The highest BCUT2D eigenvalue weighted by Gasteiger charge is 2.12. The zero-order chi connectivity index (χ0) is 14.5. The molecule has 3 N–H and O–H groups in total. The lowest BCUT2D eigenvalue weighted by atomic mass is 10.2. The Morgan fingerprint density at radius 3 is 2.45 bits per heavy atom. The molecule has 2 aromatic rings. The van der Waals surface area contributed by atoms with Gasteiger partial charge in [-0.15, -0.1) is 0 Å². The van der Waals surface area contributed by atoms with Gasteiger partial charge in [0.1, 0.15) is 5.75 Å². The maximum atomic E-state index is 12.2. The van der Waals surface area contributed by atoms with Gasteiger partial charge in [-0.25, -0.2) is 0 Å². The second kappa shape index (κ2) is 6.34. The summed E-state index contributed by atoms with van der Waals surface area (Å²) in [6.45, 7) is 1.88. The quantitative estimate of drug-likeness (QED) is 0.848. The molecular formula is C15H16N2O2S. The van der Waals surface area contributed by atoms with Crippen LogP contribution in [-0.2, 0) is 15.6 Å². The minimum absolute atomic E-state index is 0.0603. The Balaban J connectivity index is 2.00. The first-order chi connectivity index (χ1) is 9.56. The molecule has 2 rings (SSSR count). The average molecular weight is 288 g/mol. The summed E-state index contributed by atoms with van der Waals surface area (Å²) in [6, 6.07) is 14.2. The van der Waals surface area contributed by atoms with Crippen LogP contribution in [0.15, 0.2) is 53.4 Å². The first-order valence-corrected chi connectivity index (χ1v) is 7.47. The molecule has 5 heteroatoms. The van der Waals surface area contributed by atoms with Gasteiger partial charge in [0.15, 0.2) is 0 Å². The third kappa shape index (κ3) is 3.68. The SMILES string of the molecule is Cc1ccccc1S(=O)CC(=O)Nc1ccc(N)cc1. The molecule has 4 nitrogen and oxygen atoms in total. The van der Waals surface area contributed by atoms with Crippen LogP contribution in [0, 0.1) is 6.92 Å². The van der Waals surface area contributed by atoms with Gasteiger partial charge in [-0.05, 0) is 42.8 Å². The van der Waals surface area contributed by atoms with Crippen LogP contribution in [0.5, 0.6) is 0 Å². The Labute approximate surface area is 120 Å². The number of anilines is 2. The topological polar surface area (TPSA) is 72.2 Å². The summed E-state index contributed by atoms with van der Waals surface area (Å²) in [6.07, 6.45) is 0. The second-order valence-electron chi connectivity index (χ2n) is 4.43. The van der Waals surface area contributed by atoms with Crippen molar-refractivity contribution in [1.82, 2.24) is 0 Å². The molecule has 0 aliphatic rings. The van der Waals surface area contributed by atoms with Crippen LogP contribution in [0.25, 0.3) is 0 Å². The second-order valence-corrected chi connectivity index (χ2v) is 5.85. The summed E-state index contributed by atoms with van der Waals surface area (Å²) in [5.74, 6) is -0.341. The minimum atomic E-state index is -1.34. The number of aryl methyl sites for hydroxylation is 1. The molecule has 0 bridgehead atoms. The first kappa shape index (κ1) is 14.3. The molecule has 0 radical (unpaired) electrons. The summed E-state index contributed by atoms with van der Waals surface area (Å²) >= 11 is 0. The van der Waals surface area contributed by atoms with Crippen molar-refractivity contribution in [2.75, 3.05) is 16.8 Å². The van der Waals surface area contributed by atoms with Crippen LogP contribution in [-0.4, -0.2) is 15.9 Å². The number of nitrogens with two attached hydrogens (primary N) is 1. The van der Waals surface area contributed by atoms with Crippen LogP contribution in [0.4, 0.5) is 11.4 Å². The van der Waals surface area contributed by atoms with E-state index < -0.39 is 10.8 Å². The molecule has 104 valence electrons. The van der Waals surface area contributed by atoms with Crippen molar-refractivity contribution < 1.29 is 9.00 Å². The first-order valence-electron chi connectivity index (χ1n) is 6.15. The number of amides is 1. The van der Waals surface area contributed by atoms with Crippen molar-refractivity contribution in [3.63, 3.8) is 0 Å². The zero-order valence-electron chi connectivity index (χ0n) is 11.1. The summed E-state index contributed by atoms with van der Waals surface area (Å²) in [4.78, 5) is 12.6. The highest BCUT2D eigenvalue weighted by atomic mass is 32.2. The van der Waals surface area contributed by atoms with Crippen LogP contribution < -0.4 is 11.1 Å². The number of benzene rings is 2. The van der Waals surface area contributed by atoms with E-state index in [9.17, 15) is 9.00 Å². The van der Waals surface area contributed by atoms with Gasteiger partial charge in [0.25, 0.3) is 0 Å². The predicted molar refractivity (Wildman–Crippen MR) is 81.9 cm³/mol. The molecule has 0 saturated heterocycles. The van der Waals surface area contributed by atoms with Gasteiger partial charge in [0, 0.05) is 16.3 Å².